The highest BCUT2D eigenvalue weighted by Gasteiger charge is 2.08. The summed E-state index contributed by atoms with van der Waals surface area (Å²) in [6.45, 7) is 4.18. The van der Waals surface area contributed by atoms with Crippen LogP contribution in [0.5, 0.6) is 0 Å². The van der Waals surface area contributed by atoms with Crippen LogP contribution in [0.4, 0.5) is 0 Å². The van der Waals surface area contributed by atoms with Crippen LogP contribution in [0.1, 0.15) is 39.0 Å². The summed E-state index contributed by atoms with van der Waals surface area (Å²) in [7, 11) is 0. The summed E-state index contributed by atoms with van der Waals surface area (Å²) in [5.74, 6) is 0.121. The minimum Gasteiger partial charge on any atom is -0.294 e. The molecule has 2 nitrogen and oxygen atoms in total. The predicted molar refractivity (Wildman–Crippen MR) is 79.7 cm³/mol. The number of hydrogen-bond donors (Lipinski definition) is 0. The average molecular weight is 263 g/mol. The third kappa shape index (κ3) is 3.13. The molecule has 2 rings (SSSR count). The van der Waals surface area contributed by atoms with E-state index in [1.54, 1.807) is 24.3 Å². The minimum absolute atomic E-state index is 0.121. The van der Waals surface area contributed by atoms with Gasteiger partial charge in [-0.1, -0.05) is 30.3 Å². The second-order valence-corrected chi connectivity index (χ2v) is 4.97. The summed E-state index contributed by atoms with van der Waals surface area (Å²) in [6, 6.07) is 15.1. The van der Waals surface area contributed by atoms with Crippen molar-refractivity contribution in [2.45, 2.75) is 26.7 Å². The van der Waals surface area contributed by atoms with Crippen molar-refractivity contribution in [1.29, 1.82) is 5.26 Å². The maximum absolute atomic E-state index is 12.1. The van der Waals surface area contributed by atoms with Gasteiger partial charge in [-0.3, -0.25) is 4.79 Å². The van der Waals surface area contributed by atoms with E-state index in [0.717, 1.165) is 6.42 Å². The van der Waals surface area contributed by atoms with E-state index in [2.05, 4.69) is 32.0 Å². The molecule has 0 unspecified atom stereocenters. The Balaban J connectivity index is 2.05. The molecule has 2 heteroatoms. The second-order valence-electron chi connectivity index (χ2n) is 4.97. The molecular weight excluding hydrogens is 246 g/mol. The van der Waals surface area contributed by atoms with Gasteiger partial charge in [-0.15, -0.1) is 0 Å². The van der Waals surface area contributed by atoms with Crippen LogP contribution in [-0.2, 0) is 6.42 Å². The first-order valence-electron chi connectivity index (χ1n) is 6.70. The first kappa shape index (κ1) is 14.0. The highest BCUT2D eigenvalue weighted by atomic mass is 16.1. The number of carbonyl (C=O) groups is 1. The average Bonchev–Trinajstić information content (AvgIpc) is 2.48. The summed E-state index contributed by atoms with van der Waals surface area (Å²) in [5.41, 5.74) is 5.01. The zero-order chi connectivity index (χ0) is 14.5. The lowest BCUT2D eigenvalue weighted by molar-refractivity contribution is 0.0983. The summed E-state index contributed by atoms with van der Waals surface area (Å²) < 4.78 is 0. The van der Waals surface area contributed by atoms with E-state index < -0.39 is 0 Å². The van der Waals surface area contributed by atoms with Crippen molar-refractivity contribution in [3.63, 3.8) is 0 Å². The Morgan fingerprint density at radius 1 is 1.10 bits per heavy atom. The summed E-state index contributed by atoms with van der Waals surface area (Å²) in [5, 5.41) is 8.74. The van der Waals surface area contributed by atoms with Gasteiger partial charge in [0, 0.05) is 12.0 Å². The number of rotatable bonds is 4. The molecule has 0 amide bonds. The van der Waals surface area contributed by atoms with Gasteiger partial charge in [0.25, 0.3) is 0 Å². The number of aryl methyl sites for hydroxylation is 2. The standard InChI is InChI=1S/C18H17NO/c1-13-4-3-5-16(14(13)2)10-11-18(20)17-8-6-15(12-19)7-9-17/h3-9H,10-11H2,1-2H3. The summed E-state index contributed by atoms with van der Waals surface area (Å²) in [4.78, 5) is 12.1. The molecule has 0 bridgehead atoms. The zero-order valence-corrected chi connectivity index (χ0v) is 11.8. The van der Waals surface area contributed by atoms with Crippen LogP contribution < -0.4 is 0 Å². The van der Waals surface area contributed by atoms with E-state index in [1.807, 2.05) is 6.07 Å². The lowest BCUT2D eigenvalue weighted by Gasteiger charge is -2.08. The van der Waals surface area contributed by atoms with E-state index >= 15 is 0 Å². The van der Waals surface area contributed by atoms with Crippen LogP contribution in [0.2, 0.25) is 0 Å². The molecule has 100 valence electrons. The molecule has 2 aromatic rings. The van der Waals surface area contributed by atoms with Gasteiger partial charge in [-0.25, -0.2) is 0 Å². The van der Waals surface area contributed by atoms with Crippen molar-refractivity contribution in [3.05, 3.63) is 70.3 Å². The highest BCUT2D eigenvalue weighted by Crippen LogP contribution is 2.16. The molecule has 0 fully saturated rings. The molecule has 20 heavy (non-hydrogen) atoms. The van der Waals surface area contributed by atoms with Gasteiger partial charge in [0.05, 0.1) is 11.6 Å². The van der Waals surface area contributed by atoms with Gasteiger partial charge >= 0.3 is 0 Å². The van der Waals surface area contributed by atoms with Crippen LogP contribution >= 0.6 is 0 Å². The van der Waals surface area contributed by atoms with E-state index in [1.165, 1.54) is 16.7 Å². The van der Waals surface area contributed by atoms with E-state index in [-0.39, 0.29) is 5.78 Å². The summed E-state index contributed by atoms with van der Waals surface area (Å²) in [6.07, 6.45) is 1.25. The Bertz CT molecular complexity index is 663. The lowest BCUT2D eigenvalue weighted by Crippen LogP contribution is -2.02. The van der Waals surface area contributed by atoms with Crippen LogP contribution in [-0.4, -0.2) is 5.78 Å². The largest absolute Gasteiger partial charge is 0.294 e. The maximum Gasteiger partial charge on any atom is 0.163 e. The number of hydrogen-bond acceptors (Lipinski definition) is 2. The first-order chi connectivity index (χ1) is 9.61. The Morgan fingerprint density at radius 3 is 2.45 bits per heavy atom. The number of benzene rings is 2. The number of carbonyl (C=O) groups excluding carboxylic acids is 1. The molecule has 0 saturated heterocycles. The molecule has 0 aromatic heterocycles. The molecule has 0 N–H and O–H groups in total. The van der Waals surface area contributed by atoms with Gasteiger partial charge < -0.3 is 0 Å². The highest BCUT2D eigenvalue weighted by molar-refractivity contribution is 5.96. The number of ketones is 1. The topological polar surface area (TPSA) is 40.9 Å². The molecule has 0 spiro atoms. The smallest absolute Gasteiger partial charge is 0.163 e. The number of Topliss-reactive ketones (excluding diaryl/α,β-unsaturated/α-hetero) is 1. The molecule has 2 aromatic carbocycles. The van der Waals surface area contributed by atoms with Gasteiger partial charge in [0.1, 0.15) is 0 Å². The van der Waals surface area contributed by atoms with E-state index in [4.69, 9.17) is 5.26 Å². The molecule has 0 aliphatic carbocycles. The van der Waals surface area contributed by atoms with Crippen molar-refractivity contribution >= 4 is 5.78 Å². The molecule has 0 saturated carbocycles. The molecule has 0 atom stereocenters. The normalized spacial score (nSPS) is 10.1. The summed E-state index contributed by atoms with van der Waals surface area (Å²) >= 11 is 0. The number of nitrogens with zero attached hydrogens (tertiary/aromatic N) is 1. The quantitative estimate of drug-likeness (QED) is 0.782. The van der Waals surface area contributed by atoms with Gasteiger partial charge in [-0.2, -0.15) is 5.26 Å². The Kier molecular flexibility index (Phi) is 4.32. The van der Waals surface area contributed by atoms with E-state index in [0.29, 0.717) is 17.5 Å². The Morgan fingerprint density at radius 2 is 1.80 bits per heavy atom. The fourth-order valence-corrected chi connectivity index (χ4v) is 2.21. The van der Waals surface area contributed by atoms with Crippen LogP contribution in [0.3, 0.4) is 0 Å². The van der Waals surface area contributed by atoms with Crippen molar-refractivity contribution in [3.8, 4) is 6.07 Å². The third-order valence-electron chi connectivity index (χ3n) is 3.67. The van der Waals surface area contributed by atoms with Crippen LogP contribution in [0.25, 0.3) is 0 Å². The van der Waals surface area contributed by atoms with E-state index in [9.17, 15) is 4.79 Å². The van der Waals surface area contributed by atoms with Crippen LogP contribution in [0.15, 0.2) is 42.5 Å². The minimum atomic E-state index is 0.121. The van der Waals surface area contributed by atoms with Crippen molar-refractivity contribution in [2.24, 2.45) is 0 Å². The third-order valence-corrected chi connectivity index (χ3v) is 3.67. The zero-order valence-electron chi connectivity index (χ0n) is 11.8. The van der Waals surface area contributed by atoms with Crippen molar-refractivity contribution in [1.82, 2.24) is 0 Å². The fourth-order valence-electron chi connectivity index (χ4n) is 2.21. The van der Waals surface area contributed by atoms with Gasteiger partial charge in [-0.05, 0) is 49.1 Å². The van der Waals surface area contributed by atoms with Crippen molar-refractivity contribution < 1.29 is 4.79 Å². The predicted octanol–water partition coefficient (Wildman–Crippen LogP) is 3.99. The maximum atomic E-state index is 12.1. The fraction of sp³-hybridized carbons (Fsp3) is 0.222. The van der Waals surface area contributed by atoms with Gasteiger partial charge in [0.15, 0.2) is 5.78 Å². The first-order valence-corrected chi connectivity index (χ1v) is 6.70. The monoisotopic (exact) mass is 263 g/mol. The van der Waals surface area contributed by atoms with Gasteiger partial charge in [0.2, 0.25) is 0 Å². The lowest BCUT2D eigenvalue weighted by atomic mass is 9.97. The Hall–Kier alpha value is -2.40. The number of nitriles is 1. The second kappa shape index (κ2) is 6.16. The Labute approximate surface area is 119 Å². The molecule has 0 aliphatic heterocycles. The molecule has 0 aliphatic rings. The molecule has 0 heterocycles. The SMILES string of the molecule is Cc1cccc(CCC(=O)c2ccc(C#N)cc2)c1C. The molecular formula is C18H17NO. The molecule has 0 radical (unpaired) electrons. The van der Waals surface area contributed by atoms with Crippen molar-refractivity contribution in [2.75, 3.05) is 0 Å². The van der Waals surface area contributed by atoms with Crippen LogP contribution in [0, 0.1) is 25.2 Å².